The van der Waals surface area contributed by atoms with Crippen LogP contribution in [0.15, 0.2) is 48.5 Å². The van der Waals surface area contributed by atoms with E-state index in [1.807, 2.05) is 41.3 Å². The lowest BCUT2D eigenvalue weighted by atomic mass is 9.97. The van der Waals surface area contributed by atoms with Gasteiger partial charge in [-0.3, -0.25) is 15.0 Å². The van der Waals surface area contributed by atoms with Gasteiger partial charge in [0.15, 0.2) is 0 Å². The first kappa shape index (κ1) is 27.2. The Morgan fingerprint density at radius 1 is 1.16 bits per heavy atom. The average Bonchev–Trinajstić information content (AvgIpc) is 3.21. The van der Waals surface area contributed by atoms with Gasteiger partial charge in [-0.25, -0.2) is 4.79 Å². The number of nitrogens with one attached hydrogen (secondary N) is 2. The van der Waals surface area contributed by atoms with Crippen molar-refractivity contribution in [3.63, 3.8) is 0 Å². The van der Waals surface area contributed by atoms with E-state index >= 15 is 0 Å². The standard InChI is InChI=1S/C29H37N5O4/c1-38-26(35)18-23-17-25(34(28(23)36)14-5-8-20-6-3-2-4-7-20)11-13-32-29(37)33-15-12-21-9-10-22(27(30)31)16-24(21)19-33/h2-4,6-7,9-10,16,23,25H,5,8,11-15,17-19H2,1H3,(H3,30,31)(H,32,37)/t23-,25+/m0/s1. The zero-order chi connectivity index (χ0) is 27.1. The maximum Gasteiger partial charge on any atom is 0.317 e. The van der Waals surface area contributed by atoms with Crippen LogP contribution in [0, 0.1) is 11.3 Å². The van der Waals surface area contributed by atoms with Crippen molar-refractivity contribution >= 4 is 23.7 Å². The lowest BCUT2D eigenvalue weighted by Gasteiger charge is -2.30. The third-order valence-electron chi connectivity index (χ3n) is 7.55. The summed E-state index contributed by atoms with van der Waals surface area (Å²) in [7, 11) is 1.34. The molecular formula is C29H37N5O4. The Bertz CT molecular complexity index is 1170. The van der Waals surface area contributed by atoms with Crippen molar-refractivity contribution in [1.82, 2.24) is 15.1 Å². The van der Waals surface area contributed by atoms with Crippen LogP contribution in [0.3, 0.4) is 0 Å². The summed E-state index contributed by atoms with van der Waals surface area (Å²) in [5, 5.41) is 10.7. The molecule has 0 aliphatic carbocycles. The molecule has 0 bridgehead atoms. The molecule has 2 aromatic carbocycles. The second kappa shape index (κ2) is 12.6. The van der Waals surface area contributed by atoms with Gasteiger partial charge in [-0.15, -0.1) is 0 Å². The number of nitrogens with zero attached hydrogens (tertiary/aromatic N) is 2. The van der Waals surface area contributed by atoms with Crippen LogP contribution in [-0.2, 0) is 33.7 Å². The fraction of sp³-hybridized carbons (Fsp3) is 0.448. The molecule has 2 aromatic rings. The molecule has 202 valence electrons. The smallest absolute Gasteiger partial charge is 0.317 e. The summed E-state index contributed by atoms with van der Waals surface area (Å²) >= 11 is 0. The fourth-order valence-electron chi connectivity index (χ4n) is 5.45. The number of carbonyl (C=O) groups excluding carboxylic acids is 3. The number of carbonyl (C=O) groups is 3. The minimum absolute atomic E-state index is 0.00583. The van der Waals surface area contributed by atoms with E-state index in [4.69, 9.17) is 15.9 Å². The van der Waals surface area contributed by atoms with Gasteiger partial charge < -0.3 is 25.6 Å². The van der Waals surface area contributed by atoms with Gasteiger partial charge in [0.1, 0.15) is 5.84 Å². The van der Waals surface area contributed by atoms with Gasteiger partial charge in [0.25, 0.3) is 0 Å². The Labute approximate surface area is 223 Å². The minimum Gasteiger partial charge on any atom is -0.469 e. The van der Waals surface area contributed by atoms with Gasteiger partial charge in [0, 0.05) is 37.8 Å². The zero-order valence-corrected chi connectivity index (χ0v) is 21.9. The molecule has 2 aliphatic heterocycles. The molecule has 9 nitrogen and oxygen atoms in total. The van der Waals surface area contributed by atoms with Gasteiger partial charge >= 0.3 is 12.0 Å². The summed E-state index contributed by atoms with van der Waals surface area (Å²) in [4.78, 5) is 41.6. The second-order valence-corrected chi connectivity index (χ2v) is 10.1. The molecule has 0 aromatic heterocycles. The Kier molecular flexibility index (Phi) is 8.99. The first-order valence-electron chi connectivity index (χ1n) is 13.3. The zero-order valence-electron chi connectivity index (χ0n) is 21.9. The van der Waals surface area contributed by atoms with Gasteiger partial charge in [0.2, 0.25) is 5.91 Å². The predicted molar refractivity (Wildman–Crippen MR) is 145 cm³/mol. The summed E-state index contributed by atoms with van der Waals surface area (Å²) in [6, 6.07) is 15.7. The summed E-state index contributed by atoms with van der Waals surface area (Å²) in [5.41, 5.74) is 9.70. The van der Waals surface area contributed by atoms with Crippen LogP contribution in [0.1, 0.15) is 47.9 Å². The van der Waals surface area contributed by atoms with Crippen molar-refractivity contribution < 1.29 is 19.1 Å². The highest BCUT2D eigenvalue weighted by molar-refractivity contribution is 5.95. The van der Waals surface area contributed by atoms with Crippen molar-refractivity contribution in [2.24, 2.45) is 11.7 Å². The van der Waals surface area contributed by atoms with Crippen molar-refractivity contribution in [3.05, 3.63) is 70.8 Å². The quantitative estimate of drug-likeness (QED) is 0.253. The van der Waals surface area contributed by atoms with Crippen LogP contribution in [0.4, 0.5) is 4.79 Å². The first-order valence-corrected chi connectivity index (χ1v) is 13.3. The molecule has 4 rings (SSSR count). The molecule has 38 heavy (non-hydrogen) atoms. The van der Waals surface area contributed by atoms with Gasteiger partial charge in [0.05, 0.1) is 19.4 Å². The lowest BCUT2D eigenvalue weighted by Crippen LogP contribution is -2.44. The molecule has 1 saturated heterocycles. The Hall–Kier alpha value is -3.88. The number of nitrogen functional groups attached to an aromatic ring is 1. The molecule has 0 saturated carbocycles. The first-order chi connectivity index (χ1) is 18.4. The number of ether oxygens (including phenoxy) is 1. The van der Waals surface area contributed by atoms with Crippen LogP contribution in [-0.4, -0.2) is 66.3 Å². The average molecular weight is 520 g/mol. The summed E-state index contributed by atoms with van der Waals surface area (Å²) in [6.07, 6.45) is 3.75. The predicted octanol–water partition coefficient (Wildman–Crippen LogP) is 2.84. The molecule has 2 heterocycles. The highest BCUT2D eigenvalue weighted by Gasteiger charge is 2.40. The van der Waals surface area contributed by atoms with Crippen LogP contribution in [0.25, 0.3) is 0 Å². The van der Waals surface area contributed by atoms with Gasteiger partial charge in [-0.2, -0.15) is 0 Å². The highest BCUT2D eigenvalue weighted by Crippen LogP contribution is 2.30. The second-order valence-electron chi connectivity index (χ2n) is 10.1. The number of likely N-dealkylation sites (tertiary alicyclic amines) is 1. The van der Waals surface area contributed by atoms with Crippen molar-refractivity contribution in [3.8, 4) is 0 Å². The Balaban J connectivity index is 1.32. The monoisotopic (exact) mass is 519 g/mol. The number of amides is 3. The van der Waals surface area contributed by atoms with Crippen LogP contribution in [0.2, 0.25) is 0 Å². The van der Waals surface area contributed by atoms with Crippen LogP contribution in [0.5, 0.6) is 0 Å². The van der Waals surface area contributed by atoms with E-state index in [0.29, 0.717) is 44.6 Å². The molecular weight excluding hydrogens is 482 g/mol. The number of methoxy groups -OCH3 is 1. The maximum absolute atomic E-state index is 13.1. The molecule has 2 aliphatic rings. The number of aryl methyl sites for hydroxylation is 1. The number of fused-ring (bicyclic) bond motifs is 1. The van der Waals surface area contributed by atoms with Crippen molar-refractivity contribution in [2.75, 3.05) is 26.7 Å². The van der Waals surface area contributed by atoms with Crippen molar-refractivity contribution in [2.45, 2.75) is 51.1 Å². The Morgan fingerprint density at radius 3 is 2.68 bits per heavy atom. The highest BCUT2D eigenvalue weighted by atomic mass is 16.5. The molecule has 0 unspecified atom stereocenters. The number of esters is 1. The van der Waals surface area contributed by atoms with Crippen LogP contribution >= 0.6 is 0 Å². The van der Waals surface area contributed by atoms with Crippen molar-refractivity contribution in [1.29, 1.82) is 5.41 Å². The SMILES string of the molecule is COC(=O)C[C@@H]1C[C@@H](CCNC(=O)N2CCc3ccc(C(=N)N)cc3C2)N(CCCc2ccccc2)C1=O. The van der Waals surface area contributed by atoms with E-state index in [2.05, 4.69) is 17.4 Å². The lowest BCUT2D eigenvalue weighted by molar-refractivity contribution is -0.144. The summed E-state index contributed by atoms with van der Waals surface area (Å²) in [6.45, 7) is 2.14. The molecule has 4 N–H and O–H groups in total. The normalized spacial score (nSPS) is 18.7. The van der Waals surface area contributed by atoms with E-state index in [0.717, 1.165) is 24.8 Å². The molecule has 9 heteroatoms. The number of urea groups is 1. The third kappa shape index (κ3) is 6.70. The molecule has 0 radical (unpaired) electrons. The maximum atomic E-state index is 13.1. The van der Waals surface area contributed by atoms with Gasteiger partial charge in [-0.05, 0) is 54.9 Å². The van der Waals surface area contributed by atoms with Crippen LogP contribution < -0.4 is 11.1 Å². The fourth-order valence-corrected chi connectivity index (χ4v) is 5.45. The molecule has 1 fully saturated rings. The summed E-state index contributed by atoms with van der Waals surface area (Å²) < 4.78 is 4.80. The number of hydrogen-bond donors (Lipinski definition) is 3. The summed E-state index contributed by atoms with van der Waals surface area (Å²) in [5.74, 6) is -0.748. The molecule has 2 atom stereocenters. The number of benzene rings is 2. The molecule has 0 spiro atoms. The van der Waals surface area contributed by atoms with E-state index < -0.39 is 0 Å². The Morgan fingerprint density at radius 2 is 1.95 bits per heavy atom. The largest absolute Gasteiger partial charge is 0.469 e. The molecule has 3 amide bonds. The number of amidine groups is 1. The van der Waals surface area contributed by atoms with E-state index in [9.17, 15) is 14.4 Å². The van der Waals surface area contributed by atoms with Gasteiger partial charge in [-0.1, -0.05) is 42.5 Å². The van der Waals surface area contributed by atoms with E-state index in [1.165, 1.54) is 18.2 Å². The number of hydrogen-bond acceptors (Lipinski definition) is 5. The number of nitrogens with two attached hydrogens (primary N) is 1. The number of rotatable bonds is 10. The van der Waals surface area contributed by atoms with E-state index in [1.54, 1.807) is 4.90 Å². The minimum atomic E-state index is -0.381. The topological polar surface area (TPSA) is 129 Å². The third-order valence-corrected chi connectivity index (χ3v) is 7.55. The van der Waals surface area contributed by atoms with E-state index in [-0.39, 0.29) is 42.1 Å².